The first-order valence-corrected chi connectivity index (χ1v) is 9.24. The van der Waals surface area contributed by atoms with Crippen LogP contribution in [0.1, 0.15) is 32.1 Å². The summed E-state index contributed by atoms with van der Waals surface area (Å²) in [5, 5.41) is 5.43. The second kappa shape index (κ2) is 9.62. The first-order valence-electron chi connectivity index (χ1n) is 9.24. The number of para-hydroxylation sites is 2. The second-order valence-electron chi connectivity index (χ2n) is 6.56. The van der Waals surface area contributed by atoms with Crippen LogP contribution >= 0.6 is 0 Å². The zero-order chi connectivity index (χ0) is 18.9. The summed E-state index contributed by atoms with van der Waals surface area (Å²) in [7, 11) is 0. The van der Waals surface area contributed by atoms with Gasteiger partial charge < -0.3 is 9.47 Å². The summed E-state index contributed by atoms with van der Waals surface area (Å²) in [4.78, 5) is 24.2. The highest BCUT2D eigenvalue weighted by Gasteiger charge is 2.26. The summed E-state index contributed by atoms with van der Waals surface area (Å²) in [6, 6.07) is 18.3. The minimum atomic E-state index is -0.486. The lowest BCUT2D eigenvalue weighted by Gasteiger charge is -2.21. The van der Waals surface area contributed by atoms with Gasteiger partial charge in [-0.25, -0.2) is 9.59 Å². The van der Waals surface area contributed by atoms with E-state index in [1.165, 1.54) is 0 Å². The number of ether oxygens (including phenoxy) is 2. The van der Waals surface area contributed by atoms with Crippen molar-refractivity contribution in [3.8, 4) is 0 Å². The average molecular weight is 368 g/mol. The van der Waals surface area contributed by atoms with Crippen molar-refractivity contribution in [2.45, 2.75) is 44.3 Å². The monoisotopic (exact) mass is 368 g/mol. The molecule has 0 bridgehead atoms. The molecule has 0 unspecified atom stereocenters. The van der Waals surface area contributed by atoms with Crippen molar-refractivity contribution < 1.29 is 19.1 Å². The Hall–Kier alpha value is -3.02. The largest absolute Gasteiger partial charge is 0.446 e. The molecule has 2 aromatic rings. The molecule has 0 heterocycles. The van der Waals surface area contributed by atoms with Crippen LogP contribution in [0.2, 0.25) is 0 Å². The lowest BCUT2D eigenvalue weighted by atomic mass is 10.1. The van der Waals surface area contributed by atoms with E-state index in [4.69, 9.17) is 9.47 Å². The van der Waals surface area contributed by atoms with E-state index in [9.17, 15) is 9.59 Å². The standard InChI is InChI=1S/C21H24N2O4/c24-20(22-16-9-3-1-4-10-16)26-18-13-7-8-14-19(15-18)27-21(25)23-17-11-5-2-6-12-17/h1-6,9-12,18-19H,7-8,13-15H2,(H,22,24)(H,23,25)/t18-,19+. The topological polar surface area (TPSA) is 76.7 Å². The molecular weight excluding hydrogens is 344 g/mol. The number of hydrogen-bond acceptors (Lipinski definition) is 4. The fourth-order valence-electron chi connectivity index (χ4n) is 3.13. The first kappa shape index (κ1) is 18.8. The Labute approximate surface area is 158 Å². The predicted molar refractivity (Wildman–Crippen MR) is 104 cm³/mol. The molecule has 27 heavy (non-hydrogen) atoms. The van der Waals surface area contributed by atoms with E-state index >= 15 is 0 Å². The number of amides is 2. The molecule has 2 amide bonds. The Kier molecular flexibility index (Phi) is 6.68. The van der Waals surface area contributed by atoms with Crippen LogP contribution in [0.15, 0.2) is 60.7 Å². The maximum Gasteiger partial charge on any atom is 0.411 e. The van der Waals surface area contributed by atoms with Gasteiger partial charge in [0.15, 0.2) is 0 Å². The van der Waals surface area contributed by atoms with Gasteiger partial charge in [0.2, 0.25) is 0 Å². The van der Waals surface area contributed by atoms with Gasteiger partial charge in [0.25, 0.3) is 0 Å². The molecule has 0 saturated heterocycles. The molecule has 0 radical (unpaired) electrons. The van der Waals surface area contributed by atoms with Gasteiger partial charge in [0.1, 0.15) is 12.2 Å². The second-order valence-corrected chi connectivity index (χ2v) is 6.56. The maximum atomic E-state index is 12.1. The molecule has 1 aliphatic rings. The molecule has 1 aliphatic carbocycles. The van der Waals surface area contributed by atoms with Gasteiger partial charge >= 0.3 is 12.2 Å². The molecule has 6 nitrogen and oxygen atoms in total. The van der Waals surface area contributed by atoms with Gasteiger partial charge in [0.05, 0.1) is 0 Å². The van der Waals surface area contributed by atoms with Crippen molar-refractivity contribution in [3.05, 3.63) is 60.7 Å². The maximum absolute atomic E-state index is 12.1. The van der Waals surface area contributed by atoms with Crippen LogP contribution in [-0.2, 0) is 9.47 Å². The van der Waals surface area contributed by atoms with Crippen molar-refractivity contribution in [1.82, 2.24) is 0 Å². The highest BCUT2D eigenvalue weighted by atomic mass is 16.6. The minimum Gasteiger partial charge on any atom is -0.446 e. The lowest BCUT2D eigenvalue weighted by molar-refractivity contribution is 0.0523. The number of carbonyl (C=O) groups is 2. The molecule has 1 fully saturated rings. The third-order valence-electron chi connectivity index (χ3n) is 4.42. The first-order chi connectivity index (χ1) is 13.2. The summed E-state index contributed by atoms with van der Waals surface area (Å²) < 4.78 is 11.1. The molecule has 0 aromatic heterocycles. The minimum absolute atomic E-state index is 0.272. The third kappa shape index (κ3) is 6.33. The Morgan fingerprint density at radius 2 is 1.11 bits per heavy atom. The van der Waals surface area contributed by atoms with E-state index in [-0.39, 0.29) is 12.2 Å². The van der Waals surface area contributed by atoms with E-state index in [1.54, 1.807) is 24.3 Å². The zero-order valence-electron chi connectivity index (χ0n) is 15.1. The third-order valence-corrected chi connectivity index (χ3v) is 4.42. The predicted octanol–water partition coefficient (Wildman–Crippen LogP) is 5.19. The van der Waals surface area contributed by atoms with E-state index in [2.05, 4.69) is 10.6 Å². The molecule has 6 heteroatoms. The fraction of sp³-hybridized carbons (Fsp3) is 0.333. The van der Waals surface area contributed by atoms with Gasteiger partial charge in [-0.05, 0) is 49.9 Å². The summed E-state index contributed by atoms with van der Waals surface area (Å²) in [5.41, 5.74) is 1.37. The normalized spacial score (nSPS) is 19.4. The zero-order valence-corrected chi connectivity index (χ0v) is 15.1. The number of rotatable bonds is 4. The Bertz CT molecular complexity index is 673. The van der Waals surface area contributed by atoms with E-state index < -0.39 is 12.2 Å². The number of carbonyl (C=O) groups excluding carboxylic acids is 2. The van der Waals surface area contributed by atoms with Gasteiger partial charge in [-0.15, -0.1) is 0 Å². The van der Waals surface area contributed by atoms with Crippen LogP contribution in [-0.4, -0.2) is 24.4 Å². The van der Waals surface area contributed by atoms with Crippen LogP contribution in [0.3, 0.4) is 0 Å². The molecule has 2 N–H and O–H groups in total. The average Bonchev–Trinajstić information content (AvgIpc) is 2.88. The molecule has 0 spiro atoms. The van der Waals surface area contributed by atoms with Gasteiger partial charge in [-0.2, -0.15) is 0 Å². The highest BCUT2D eigenvalue weighted by molar-refractivity contribution is 5.85. The lowest BCUT2D eigenvalue weighted by Crippen LogP contribution is -2.28. The van der Waals surface area contributed by atoms with Gasteiger partial charge in [-0.1, -0.05) is 36.4 Å². The van der Waals surface area contributed by atoms with Crippen molar-refractivity contribution in [2.24, 2.45) is 0 Å². The van der Waals surface area contributed by atoms with Crippen LogP contribution in [0, 0.1) is 0 Å². The molecule has 2 aromatic carbocycles. The van der Waals surface area contributed by atoms with Crippen molar-refractivity contribution in [1.29, 1.82) is 0 Å². The van der Waals surface area contributed by atoms with Crippen molar-refractivity contribution >= 4 is 23.6 Å². The van der Waals surface area contributed by atoms with E-state index in [1.807, 2.05) is 36.4 Å². The summed E-state index contributed by atoms with van der Waals surface area (Å²) in [6.07, 6.45) is 2.39. The molecule has 3 rings (SSSR count). The Morgan fingerprint density at radius 1 is 0.704 bits per heavy atom. The summed E-state index contributed by atoms with van der Waals surface area (Å²) in [5.74, 6) is 0. The fourth-order valence-corrected chi connectivity index (χ4v) is 3.13. The van der Waals surface area contributed by atoms with Gasteiger partial charge in [0, 0.05) is 17.8 Å². The van der Waals surface area contributed by atoms with Crippen LogP contribution in [0.5, 0.6) is 0 Å². The Balaban J connectivity index is 1.49. The smallest absolute Gasteiger partial charge is 0.411 e. The SMILES string of the molecule is O=C(Nc1ccccc1)O[C@@H]1CCCC[C@H](OC(=O)Nc2ccccc2)C1. The number of benzene rings is 2. The van der Waals surface area contributed by atoms with Crippen molar-refractivity contribution in [3.63, 3.8) is 0 Å². The molecule has 142 valence electrons. The van der Waals surface area contributed by atoms with E-state index in [0.717, 1.165) is 25.7 Å². The van der Waals surface area contributed by atoms with Crippen molar-refractivity contribution in [2.75, 3.05) is 10.6 Å². The summed E-state index contributed by atoms with van der Waals surface area (Å²) >= 11 is 0. The number of hydrogen-bond donors (Lipinski definition) is 2. The molecular formula is C21H24N2O4. The summed E-state index contributed by atoms with van der Waals surface area (Å²) in [6.45, 7) is 0. The quantitative estimate of drug-likeness (QED) is 0.729. The number of anilines is 2. The van der Waals surface area contributed by atoms with Gasteiger partial charge in [-0.3, -0.25) is 10.6 Å². The van der Waals surface area contributed by atoms with E-state index in [0.29, 0.717) is 17.8 Å². The molecule has 2 atom stereocenters. The van der Waals surface area contributed by atoms with Crippen LogP contribution in [0.25, 0.3) is 0 Å². The molecule has 0 aliphatic heterocycles. The Morgan fingerprint density at radius 3 is 1.52 bits per heavy atom. The highest BCUT2D eigenvalue weighted by Crippen LogP contribution is 2.24. The van der Waals surface area contributed by atoms with Crippen LogP contribution in [0.4, 0.5) is 21.0 Å². The number of nitrogens with one attached hydrogen (secondary N) is 2. The molecule has 1 saturated carbocycles. The van der Waals surface area contributed by atoms with Crippen LogP contribution < -0.4 is 10.6 Å².